The Bertz CT molecular complexity index is 716. The standard InChI is InChI=1S/C18H16F3NO/c19-15-9-13(10-16(20)17(15)21)18(23)14-6-2-1-5-12(14)11-22-7-3-4-8-22/h1-2,5-6,9-10H,3-4,7-8,11H2. The van der Waals surface area contributed by atoms with E-state index < -0.39 is 23.2 Å². The van der Waals surface area contributed by atoms with Gasteiger partial charge >= 0.3 is 0 Å². The lowest BCUT2D eigenvalue weighted by Crippen LogP contribution is -2.20. The van der Waals surface area contributed by atoms with E-state index in [1.54, 1.807) is 12.1 Å². The smallest absolute Gasteiger partial charge is 0.194 e. The minimum Gasteiger partial charge on any atom is -0.299 e. The molecule has 0 aromatic heterocycles. The van der Waals surface area contributed by atoms with Crippen molar-refractivity contribution in [1.82, 2.24) is 4.90 Å². The molecule has 1 saturated heterocycles. The van der Waals surface area contributed by atoms with E-state index in [2.05, 4.69) is 4.90 Å². The van der Waals surface area contributed by atoms with Gasteiger partial charge in [-0.15, -0.1) is 0 Å². The van der Waals surface area contributed by atoms with Crippen molar-refractivity contribution in [2.24, 2.45) is 0 Å². The number of hydrogen-bond acceptors (Lipinski definition) is 2. The summed E-state index contributed by atoms with van der Waals surface area (Å²) in [4.78, 5) is 14.8. The predicted molar refractivity (Wildman–Crippen MR) is 80.7 cm³/mol. The molecule has 1 fully saturated rings. The second-order valence-corrected chi connectivity index (χ2v) is 5.72. The van der Waals surface area contributed by atoms with Crippen LogP contribution in [-0.4, -0.2) is 23.8 Å². The highest BCUT2D eigenvalue weighted by molar-refractivity contribution is 6.09. The molecule has 1 heterocycles. The van der Waals surface area contributed by atoms with E-state index in [-0.39, 0.29) is 5.56 Å². The number of benzene rings is 2. The summed E-state index contributed by atoms with van der Waals surface area (Å²) in [6, 6.07) is 8.49. The van der Waals surface area contributed by atoms with Crippen molar-refractivity contribution in [3.8, 4) is 0 Å². The summed E-state index contributed by atoms with van der Waals surface area (Å²) in [5.41, 5.74) is 1.02. The zero-order chi connectivity index (χ0) is 16.4. The van der Waals surface area contributed by atoms with Crippen LogP contribution in [0.15, 0.2) is 36.4 Å². The van der Waals surface area contributed by atoms with Gasteiger partial charge in [0, 0.05) is 17.7 Å². The van der Waals surface area contributed by atoms with E-state index in [4.69, 9.17) is 0 Å². The van der Waals surface area contributed by atoms with Gasteiger partial charge in [-0.25, -0.2) is 13.2 Å². The van der Waals surface area contributed by atoms with Crippen LogP contribution in [-0.2, 0) is 6.54 Å². The molecule has 2 aromatic carbocycles. The molecule has 2 aromatic rings. The molecule has 0 spiro atoms. The van der Waals surface area contributed by atoms with Crippen molar-refractivity contribution in [1.29, 1.82) is 0 Å². The first kappa shape index (κ1) is 15.7. The number of ketones is 1. The first-order valence-electron chi connectivity index (χ1n) is 7.56. The fourth-order valence-corrected chi connectivity index (χ4v) is 2.90. The van der Waals surface area contributed by atoms with Gasteiger partial charge in [-0.3, -0.25) is 9.69 Å². The maximum absolute atomic E-state index is 13.4. The molecule has 0 unspecified atom stereocenters. The Morgan fingerprint density at radius 3 is 2.26 bits per heavy atom. The number of carbonyl (C=O) groups excluding carboxylic acids is 1. The zero-order valence-electron chi connectivity index (χ0n) is 12.5. The monoisotopic (exact) mass is 319 g/mol. The third kappa shape index (κ3) is 3.29. The van der Waals surface area contributed by atoms with Gasteiger partial charge in [0.05, 0.1) is 0 Å². The first-order chi connectivity index (χ1) is 11.1. The van der Waals surface area contributed by atoms with E-state index in [9.17, 15) is 18.0 Å². The second-order valence-electron chi connectivity index (χ2n) is 5.72. The van der Waals surface area contributed by atoms with Crippen molar-refractivity contribution in [3.63, 3.8) is 0 Å². The third-order valence-corrected chi connectivity index (χ3v) is 4.10. The summed E-state index contributed by atoms with van der Waals surface area (Å²) in [7, 11) is 0. The summed E-state index contributed by atoms with van der Waals surface area (Å²) in [6.45, 7) is 2.57. The number of nitrogens with zero attached hydrogens (tertiary/aromatic N) is 1. The Morgan fingerprint density at radius 2 is 1.61 bits per heavy atom. The molecule has 23 heavy (non-hydrogen) atoms. The summed E-state index contributed by atoms with van der Waals surface area (Å²) < 4.78 is 39.8. The quantitative estimate of drug-likeness (QED) is 0.629. The lowest BCUT2D eigenvalue weighted by Gasteiger charge is -2.17. The van der Waals surface area contributed by atoms with Gasteiger partial charge in [0.1, 0.15) is 0 Å². The van der Waals surface area contributed by atoms with Crippen LogP contribution >= 0.6 is 0 Å². The number of hydrogen-bond donors (Lipinski definition) is 0. The van der Waals surface area contributed by atoms with Crippen molar-refractivity contribution < 1.29 is 18.0 Å². The summed E-state index contributed by atoms with van der Waals surface area (Å²) in [5.74, 6) is -4.78. The summed E-state index contributed by atoms with van der Waals surface area (Å²) >= 11 is 0. The highest BCUT2D eigenvalue weighted by atomic mass is 19.2. The van der Waals surface area contributed by atoms with E-state index in [1.165, 1.54) is 0 Å². The van der Waals surface area contributed by atoms with Crippen LogP contribution in [0.4, 0.5) is 13.2 Å². The van der Waals surface area contributed by atoms with E-state index in [0.29, 0.717) is 12.1 Å². The lowest BCUT2D eigenvalue weighted by atomic mass is 9.97. The van der Waals surface area contributed by atoms with E-state index >= 15 is 0 Å². The fraction of sp³-hybridized carbons (Fsp3) is 0.278. The first-order valence-corrected chi connectivity index (χ1v) is 7.56. The van der Waals surface area contributed by atoms with Crippen molar-refractivity contribution in [2.45, 2.75) is 19.4 Å². The van der Waals surface area contributed by atoms with Crippen molar-refractivity contribution >= 4 is 5.78 Å². The van der Waals surface area contributed by atoms with Gasteiger partial charge in [0.15, 0.2) is 23.2 Å². The normalized spacial score (nSPS) is 15.1. The van der Waals surface area contributed by atoms with Crippen LogP contribution in [0.5, 0.6) is 0 Å². The van der Waals surface area contributed by atoms with Gasteiger partial charge in [-0.05, 0) is 43.6 Å². The van der Waals surface area contributed by atoms with E-state index in [0.717, 1.165) is 43.6 Å². The molecular formula is C18H16F3NO. The topological polar surface area (TPSA) is 20.3 Å². The van der Waals surface area contributed by atoms with Crippen molar-refractivity contribution in [2.75, 3.05) is 13.1 Å². The summed E-state index contributed by atoms with van der Waals surface area (Å²) in [6.07, 6.45) is 2.26. The van der Waals surface area contributed by atoms with Gasteiger partial charge in [-0.2, -0.15) is 0 Å². The second kappa shape index (κ2) is 6.54. The molecule has 0 saturated carbocycles. The Hall–Kier alpha value is -2.14. The number of halogens is 3. The van der Waals surface area contributed by atoms with Crippen LogP contribution < -0.4 is 0 Å². The molecule has 2 nitrogen and oxygen atoms in total. The van der Waals surface area contributed by atoms with Gasteiger partial charge in [0.25, 0.3) is 0 Å². The van der Waals surface area contributed by atoms with Crippen LogP contribution in [0, 0.1) is 17.5 Å². The number of rotatable bonds is 4. The molecule has 0 radical (unpaired) electrons. The SMILES string of the molecule is O=C(c1cc(F)c(F)c(F)c1)c1ccccc1CN1CCCC1. The van der Waals surface area contributed by atoms with Crippen LogP contribution in [0.25, 0.3) is 0 Å². The van der Waals surface area contributed by atoms with Gasteiger partial charge in [-0.1, -0.05) is 24.3 Å². The molecule has 3 rings (SSSR count). The molecule has 0 N–H and O–H groups in total. The average molecular weight is 319 g/mol. The average Bonchev–Trinajstić information content (AvgIpc) is 3.05. The Kier molecular flexibility index (Phi) is 4.48. The maximum Gasteiger partial charge on any atom is 0.194 e. The Balaban J connectivity index is 1.93. The molecule has 1 aliphatic heterocycles. The molecule has 0 bridgehead atoms. The Labute approximate surface area is 132 Å². The summed E-state index contributed by atoms with van der Waals surface area (Å²) in [5, 5.41) is 0. The molecule has 1 aliphatic rings. The molecule has 120 valence electrons. The highest BCUT2D eigenvalue weighted by Crippen LogP contribution is 2.21. The van der Waals surface area contributed by atoms with Crippen molar-refractivity contribution in [3.05, 3.63) is 70.5 Å². The number of carbonyl (C=O) groups is 1. The molecular weight excluding hydrogens is 303 g/mol. The molecule has 0 atom stereocenters. The van der Waals surface area contributed by atoms with Gasteiger partial charge in [0.2, 0.25) is 0 Å². The molecule has 0 amide bonds. The fourth-order valence-electron chi connectivity index (χ4n) is 2.90. The zero-order valence-corrected chi connectivity index (χ0v) is 12.5. The Morgan fingerprint density at radius 1 is 1.00 bits per heavy atom. The van der Waals surface area contributed by atoms with E-state index in [1.807, 2.05) is 12.1 Å². The third-order valence-electron chi connectivity index (χ3n) is 4.10. The minimum atomic E-state index is -1.56. The van der Waals surface area contributed by atoms with Crippen LogP contribution in [0.3, 0.4) is 0 Å². The maximum atomic E-state index is 13.4. The van der Waals surface area contributed by atoms with Crippen LogP contribution in [0.1, 0.15) is 34.3 Å². The lowest BCUT2D eigenvalue weighted by molar-refractivity contribution is 0.103. The molecule has 5 heteroatoms. The number of likely N-dealkylation sites (tertiary alicyclic amines) is 1. The minimum absolute atomic E-state index is 0.185. The largest absolute Gasteiger partial charge is 0.299 e. The highest BCUT2D eigenvalue weighted by Gasteiger charge is 2.20. The van der Waals surface area contributed by atoms with Gasteiger partial charge < -0.3 is 0 Å². The predicted octanol–water partition coefficient (Wildman–Crippen LogP) is 3.93. The van der Waals surface area contributed by atoms with Crippen LogP contribution in [0.2, 0.25) is 0 Å². The molecule has 0 aliphatic carbocycles.